The van der Waals surface area contributed by atoms with Gasteiger partial charge in [0.1, 0.15) is 5.82 Å². The highest BCUT2D eigenvalue weighted by Crippen LogP contribution is 2.18. The van der Waals surface area contributed by atoms with Crippen LogP contribution in [0.4, 0.5) is 8.78 Å². The Morgan fingerprint density at radius 3 is 2.50 bits per heavy atom. The Balaban J connectivity index is 1.83. The zero-order valence-corrected chi connectivity index (χ0v) is 14.2. The van der Waals surface area contributed by atoms with Crippen LogP contribution in [0.25, 0.3) is 0 Å². The summed E-state index contributed by atoms with van der Waals surface area (Å²) in [5.41, 5.74) is 0.609. The normalized spacial score (nSPS) is 11.5. The largest absolute Gasteiger partial charge is 0.491 e. The minimum absolute atomic E-state index is 0.0726. The van der Waals surface area contributed by atoms with Gasteiger partial charge < -0.3 is 14.8 Å². The summed E-state index contributed by atoms with van der Waals surface area (Å²) in [6, 6.07) is 10.8. The highest BCUT2D eigenvalue weighted by molar-refractivity contribution is 5.85. The summed E-state index contributed by atoms with van der Waals surface area (Å²) < 4.78 is 36.1. The second-order valence-electron chi connectivity index (χ2n) is 5.46. The predicted molar refractivity (Wildman–Crippen MR) is 90.4 cm³/mol. The average molecular weight is 363 g/mol. The summed E-state index contributed by atoms with van der Waals surface area (Å²) in [6.07, 6.45) is 0.370. The molecule has 0 aromatic heterocycles. The Morgan fingerprint density at radius 2 is 1.85 bits per heavy atom. The third-order valence-corrected chi connectivity index (χ3v) is 3.57. The van der Waals surface area contributed by atoms with E-state index in [1.807, 2.05) is 0 Å². The van der Waals surface area contributed by atoms with Gasteiger partial charge in [0, 0.05) is 12.5 Å². The Labute approximate surface area is 149 Å². The van der Waals surface area contributed by atoms with Crippen molar-refractivity contribution in [1.29, 1.82) is 0 Å². The number of esters is 1. The Morgan fingerprint density at radius 1 is 1.12 bits per heavy atom. The number of rotatable bonds is 8. The van der Waals surface area contributed by atoms with Crippen LogP contribution in [-0.4, -0.2) is 25.6 Å². The van der Waals surface area contributed by atoms with Gasteiger partial charge >= 0.3 is 5.97 Å². The maximum Gasteiger partial charge on any atom is 0.333 e. The minimum Gasteiger partial charge on any atom is -0.491 e. The van der Waals surface area contributed by atoms with E-state index in [1.54, 1.807) is 30.3 Å². The van der Waals surface area contributed by atoms with E-state index in [0.29, 0.717) is 12.0 Å². The van der Waals surface area contributed by atoms with Crippen LogP contribution in [0.2, 0.25) is 0 Å². The summed E-state index contributed by atoms with van der Waals surface area (Å²) in [5.74, 6) is -2.52. The van der Waals surface area contributed by atoms with E-state index in [4.69, 9.17) is 9.47 Å². The first-order valence-electron chi connectivity index (χ1n) is 8.01. The number of methoxy groups -OCH3 is 1. The molecule has 0 aliphatic heterocycles. The lowest BCUT2D eigenvalue weighted by molar-refractivity contribution is -0.145. The van der Waals surface area contributed by atoms with Gasteiger partial charge in [0.15, 0.2) is 17.6 Å². The summed E-state index contributed by atoms with van der Waals surface area (Å²) in [5, 5.41) is 2.61. The number of ether oxygens (including phenoxy) is 2. The lowest BCUT2D eigenvalue weighted by atomic mass is 10.1. The Hall–Kier alpha value is -2.96. The molecule has 0 aliphatic carbocycles. The number of halogens is 2. The maximum atomic E-state index is 13.4. The van der Waals surface area contributed by atoms with Gasteiger partial charge in [-0.05, 0) is 24.1 Å². The highest BCUT2D eigenvalue weighted by Gasteiger charge is 2.23. The van der Waals surface area contributed by atoms with Gasteiger partial charge in [0.25, 0.3) is 0 Å². The van der Waals surface area contributed by atoms with Crippen molar-refractivity contribution in [3.05, 3.63) is 65.7 Å². The van der Waals surface area contributed by atoms with E-state index >= 15 is 0 Å². The van der Waals surface area contributed by atoms with Crippen molar-refractivity contribution in [3.8, 4) is 5.75 Å². The summed E-state index contributed by atoms with van der Waals surface area (Å²) in [6.45, 7) is 0.0736. The summed E-state index contributed by atoms with van der Waals surface area (Å²) in [4.78, 5) is 24.0. The molecule has 0 radical (unpaired) electrons. The van der Waals surface area contributed by atoms with Crippen molar-refractivity contribution >= 4 is 11.9 Å². The summed E-state index contributed by atoms with van der Waals surface area (Å²) >= 11 is 0. The molecular formula is C19H19F2NO4. The molecule has 5 nitrogen and oxygen atoms in total. The van der Waals surface area contributed by atoms with E-state index in [-0.39, 0.29) is 24.7 Å². The third-order valence-electron chi connectivity index (χ3n) is 3.57. The van der Waals surface area contributed by atoms with Gasteiger partial charge in [-0.1, -0.05) is 30.3 Å². The lowest BCUT2D eigenvalue weighted by Crippen LogP contribution is -2.34. The molecule has 2 rings (SSSR count). The molecule has 0 saturated carbocycles. The Kier molecular flexibility index (Phi) is 7.08. The molecule has 1 unspecified atom stereocenters. The van der Waals surface area contributed by atoms with Crippen molar-refractivity contribution < 1.29 is 27.8 Å². The van der Waals surface area contributed by atoms with Crippen LogP contribution >= 0.6 is 0 Å². The predicted octanol–water partition coefficient (Wildman–Crippen LogP) is 3.15. The molecule has 138 valence electrons. The van der Waals surface area contributed by atoms with E-state index < -0.39 is 23.6 Å². The molecule has 1 N–H and O–H groups in total. The van der Waals surface area contributed by atoms with Crippen molar-refractivity contribution in [1.82, 2.24) is 5.32 Å². The maximum absolute atomic E-state index is 13.4. The number of carbonyl (C=O) groups is 2. The molecule has 0 spiro atoms. The fourth-order valence-electron chi connectivity index (χ4n) is 2.28. The molecule has 2 aromatic carbocycles. The van der Waals surface area contributed by atoms with E-state index in [1.165, 1.54) is 13.2 Å². The number of benzene rings is 2. The molecule has 7 heteroatoms. The molecular weight excluding hydrogens is 344 g/mol. The van der Waals surface area contributed by atoms with Crippen molar-refractivity contribution in [2.75, 3.05) is 13.7 Å². The second-order valence-corrected chi connectivity index (χ2v) is 5.46. The lowest BCUT2D eigenvalue weighted by Gasteiger charge is -2.17. The van der Waals surface area contributed by atoms with Crippen molar-refractivity contribution in [2.45, 2.75) is 18.9 Å². The molecule has 0 fully saturated rings. The molecule has 0 bridgehead atoms. The van der Waals surface area contributed by atoms with E-state index in [9.17, 15) is 18.4 Å². The number of carbonyl (C=O) groups excluding carboxylic acids is 2. The fraction of sp³-hybridized carbons (Fsp3) is 0.263. The SMILES string of the molecule is COC(=O)C(NC(=O)CCCOc1ccc(F)cc1F)c1ccccc1. The number of nitrogens with one attached hydrogen (secondary N) is 1. The molecule has 2 aromatic rings. The average Bonchev–Trinajstić information content (AvgIpc) is 2.64. The molecule has 1 atom stereocenters. The van der Waals surface area contributed by atoms with Gasteiger partial charge in [-0.25, -0.2) is 13.6 Å². The van der Waals surface area contributed by atoms with Crippen LogP contribution in [0.15, 0.2) is 48.5 Å². The van der Waals surface area contributed by atoms with Crippen LogP contribution in [0.3, 0.4) is 0 Å². The van der Waals surface area contributed by atoms with E-state index in [2.05, 4.69) is 5.32 Å². The number of amides is 1. The van der Waals surface area contributed by atoms with Gasteiger partial charge in [0.05, 0.1) is 13.7 Å². The summed E-state index contributed by atoms with van der Waals surface area (Å²) in [7, 11) is 1.25. The van der Waals surface area contributed by atoms with Crippen LogP contribution < -0.4 is 10.1 Å². The van der Waals surface area contributed by atoms with Gasteiger partial charge in [-0.15, -0.1) is 0 Å². The van der Waals surface area contributed by atoms with Crippen LogP contribution in [0.5, 0.6) is 5.75 Å². The van der Waals surface area contributed by atoms with Crippen molar-refractivity contribution in [2.24, 2.45) is 0 Å². The van der Waals surface area contributed by atoms with E-state index in [0.717, 1.165) is 12.1 Å². The molecule has 0 heterocycles. The third kappa shape index (κ3) is 5.54. The first-order valence-corrected chi connectivity index (χ1v) is 8.01. The van der Waals surface area contributed by atoms with Crippen LogP contribution in [-0.2, 0) is 14.3 Å². The highest BCUT2D eigenvalue weighted by atomic mass is 19.1. The molecule has 0 aliphatic rings. The molecule has 1 amide bonds. The van der Waals surface area contributed by atoms with Gasteiger partial charge in [-0.3, -0.25) is 4.79 Å². The second kappa shape index (κ2) is 9.50. The van der Waals surface area contributed by atoms with Gasteiger partial charge in [0.2, 0.25) is 5.91 Å². The zero-order valence-electron chi connectivity index (χ0n) is 14.2. The first kappa shape index (κ1) is 19.4. The Bertz CT molecular complexity index is 752. The quantitative estimate of drug-likeness (QED) is 0.578. The smallest absolute Gasteiger partial charge is 0.333 e. The van der Waals surface area contributed by atoms with Crippen LogP contribution in [0.1, 0.15) is 24.4 Å². The molecule has 26 heavy (non-hydrogen) atoms. The zero-order chi connectivity index (χ0) is 18.9. The van der Waals surface area contributed by atoms with Gasteiger partial charge in [-0.2, -0.15) is 0 Å². The minimum atomic E-state index is -0.899. The standard InChI is InChI=1S/C19H19F2NO4/c1-25-19(24)18(13-6-3-2-4-7-13)22-17(23)8-5-11-26-16-10-9-14(20)12-15(16)21/h2-4,6-7,9-10,12,18H,5,8,11H2,1H3,(H,22,23). The van der Waals surface area contributed by atoms with Crippen molar-refractivity contribution in [3.63, 3.8) is 0 Å². The monoisotopic (exact) mass is 363 g/mol. The number of hydrogen-bond acceptors (Lipinski definition) is 4. The fourth-order valence-corrected chi connectivity index (χ4v) is 2.28. The molecule has 0 saturated heterocycles. The first-order chi connectivity index (χ1) is 12.5. The number of hydrogen-bond donors (Lipinski definition) is 1. The van der Waals surface area contributed by atoms with Crippen LogP contribution in [0, 0.1) is 11.6 Å². The topological polar surface area (TPSA) is 64.6 Å².